The van der Waals surface area contributed by atoms with Crippen molar-refractivity contribution in [2.75, 3.05) is 4.90 Å². The predicted octanol–water partition coefficient (Wildman–Crippen LogP) is 7.53. The number of hydrogen-bond donors (Lipinski definition) is 0. The number of carbonyl (C=O) groups excluding carboxylic acids is 1. The van der Waals surface area contributed by atoms with Crippen molar-refractivity contribution >= 4 is 23.0 Å². The van der Waals surface area contributed by atoms with Crippen molar-refractivity contribution in [1.29, 1.82) is 0 Å². The monoisotopic (exact) mass is 419 g/mol. The van der Waals surface area contributed by atoms with Crippen molar-refractivity contribution in [3.05, 3.63) is 121 Å². The molecule has 0 aliphatic carbocycles. The molecule has 0 bridgehead atoms. The van der Waals surface area contributed by atoms with E-state index < -0.39 is 5.97 Å². The van der Waals surface area contributed by atoms with Crippen LogP contribution in [-0.2, 0) is 4.79 Å². The van der Waals surface area contributed by atoms with Gasteiger partial charge in [0.15, 0.2) is 0 Å². The Balaban J connectivity index is 1.69. The molecule has 0 aliphatic heterocycles. The van der Waals surface area contributed by atoms with E-state index in [0.717, 1.165) is 34.3 Å². The van der Waals surface area contributed by atoms with E-state index in [9.17, 15) is 4.79 Å². The van der Waals surface area contributed by atoms with E-state index in [1.807, 2.05) is 18.2 Å². The maximum Gasteiger partial charge on any atom is 0.335 e. The van der Waals surface area contributed by atoms with Gasteiger partial charge in [0.2, 0.25) is 0 Å². The first-order chi connectivity index (χ1) is 15.5. The molecule has 0 fully saturated rings. The lowest BCUT2D eigenvalue weighted by atomic mass is 10.0. The van der Waals surface area contributed by atoms with Crippen LogP contribution in [-0.4, -0.2) is 5.97 Å². The molecule has 4 aromatic carbocycles. The Morgan fingerprint density at radius 3 is 1.72 bits per heavy atom. The second-order valence-electron chi connectivity index (χ2n) is 7.71. The maximum absolute atomic E-state index is 11.5. The summed E-state index contributed by atoms with van der Waals surface area (Å²) in [7, 11) is 0. The van der Waals surface area contributed by atoms with Crippen LogP contribution >= 0.6 is 0 Å². The van der Waals surface area contributed by atoms with Gasteiger partial charge in [-0.1, -0.05) is 66.2 Å². The van der Waals surface area contributed by atoms with Gasteiger partial charge in [-0.05, 0) is 73.5 Å². The van der Waals surface area contributed by atoms with Crippen molar-refractivity contribution in [2.24, 2.45) is 0 Å². The normalized spacial score (nSPS) is 10.4. The molecule has 0 saturated heterocycles. The fourth-order valence-corrected chi connectivity index (χ4v) is 3.53. The minimum Gasteiger partial charge on any atom is -0.423 e. The van der Waals surface area contributed by atoms with Crippen LogP contribution in [0, 0.1) is 13.8 Å². The Kier molecular flexibility index (Phi) is 6.18. The molecule has 0 aliphatic rings. The summed E-state index contributed by atoms with van der Waals surface area (Å²) in [4.78, 5) is 13.8. The van der Waals surface area contributed by atoms with E-state index in [1.165, 1.54) is 11.1 Å². The van der Waals surface area contributed by atoms with Gasteiger partial charge >= 0.3 is 5.97 Å². The van der Waals surface area contributed by atoms with Crippen LogP contribution in [0.25, 0.3) is 11.1 Å². The summed E-state index contributed by atoms with van der Waals surface area (Å²) in [6.45, 7) is 7.63. The quantitative estimate of drug-likeness (QED) is 0.184. The van der Waals surface area contributed by atoms with Gasteiger partial charge < -0.3 is 9.64 Å². The lowest BCUT2D eigenvalue weighted by Gasteiger charge is -2.26. The summed E-state index contributed by atoms with van der Waals surface area (Å²) in [5.74, 6) is 0.0294. The average Bonchev–Trinajstić information content (AvgIpc) is 2.82. The topological polar surface area (TPSA) is 29.5 Å². The molecule has 158 valence electrons. The first-order valence-corrected chi connectivity index (χ1v) is 10.5. The van der Waals surface area contributed by atoms with E-state index in [4.69, 9.17) is 4.74 Å². The number of carbonyl (C=O) groups is 1. The Morgan fingerprint density at radius 2 is 1.22 bits per heavy atom. The number of nitrogens with zero attached hydrogens (tertiary/aromatic N) is 1. The molecular formula is C29H25NO2. The van der Waals surface area contributed by atoms with Crippen LogP contribution in [0.1, 0.15) is 11.1 Å². The molecule has 0 amide bonds. The van der Waals surface area contributed by atoms with E-state index >= 15 is 0 Å². The third-order valence-electron chi connectivity index (χ3n) is 5.26. The first-order valence-electron chi connectivity index (χ1n) is 10.5. The number of anilines is 3. The third-order valence-corrected chi connectivity index (χ3v) is 5.26. The Hall–Kier alpha value is -4.11. The molecule has 0 radical (unpaired) electrons. The summed E-state index contributed by atoms with van der Waals surface area (Å²) in [5.41, 5.74) is 7.74. The van der Waals surface area contributed by atoms with Crippen LogP contribution in [0.5, 0.6) is 5.75 Å². The second-order valence-corrected chi connectivity index (χ2v) is 7.71. The summed E-state index contributed by atoms with van der Waals surface area (Å²) in [6.07, 6.45) is 1.16. The highest BCUT2D eigenvalue weighted by atomic mass is 16.5. The number of ether oxygens (including phenoxy) is 1. The standard InChI is InChI=1S/C29H25NO2/c1-4-29(31)32-28-7-5-6-24(20-28)23-12-18-27(19-13-23)30(25-14-8-21(2)9-15-25)26-16-10-22(3)11-17-26/h4-20H,1H2,2-3H3. The fourth-order valence-electron chi connectivity index (χ4n) is 3.53. The molecule has 3 nitrogen and oxygen atoms in total. The highest BCUT2D eigenvalue weighted by molar-refractivity contribution is 5.84. The van der Waals surface area contributed by atoms with Gasteiger partial charge in [-0.15, -0.1) is 0 Å². The van der Waals surface area contributed by atoms with Crippen LogP contribution in [0.15, 0.2) is 110 Å². The minimum absolute atomic E-state index is 0.468. The Bertz CT molecular complexity index is 1180. The molecule has 0 N–H and O–H groups in total. The summed E-state index contributed by atoms with van der Waals surface area (Å²) >= 11 is 0. The maximum atomic E-state index is 11.5. The van der Waals surface area contributed by atoms with Gasteiger partial charge in [-0.25, -0.2) is 4.79 Å². The molecule has 0 atom stereocenters. The highest BCUT2D eigenvalue weighted by Crippen LogP contribution is 2.36. The number of hydrogen-bond acceptors (Lipinski definition) is 3. The van der Waals surface area contributed by atoms with E-state index in [1.54, 1.807) is 6.07 Å². The average molecular weight is 420 g/mol. The van der Waals surface area contributed by atoms with E-state index in [2.05, 4.69) is 98.1 Å². The van der Waals surface area contributed by atoms with E-state index in [0.29, 0.717) is 5.75 Å². The number of esters is 1. The number of aryl methyl sites for hydroxylation is 2. The number of benzene rings is 4. The zero-order valence-corrected chi connectivity index (χ0v) is 18.3. The molecule has 32 heavy (non-hydrogen) atoms. The molecule has 0 heterocycles. The van der Waals surface area contributed by atoms with Gasteiger partial charge in [0.05, 0.1) is 0 Å². The Morgan fingerprint density at radius 1 is 0.719 bits per heavy atom. The lowest BCUT2D eigenvalue weighted by Crippen LogP contribution is -2.09. The van der Waals surface area contributed by atoms with Gasteiger partial charge in [0, 0.05) is 23.1 Å². The van der Waals surface area contributed by atoms with Crippen LogP contribution in [0.4, 0.5) is 17.1 Å². The van der Waals surface area contributed by atoms with Crippen LogP contribution in [0.3, 0.4) is 0 Å². The molecule has 4 rings (SSSR count). The van der Waals surface area contributed by atoms with Gasteiger partial charge in [-0.2, -0.15) is 0 Å². The fraction of sp³-hybridized carbons (Fsp3) is 0.0690. The molecule has 3 heteroatoms. The lowest BCUT2D eigenvalue weighted by molar-refractivity contribution is -0.128. The van der Waals surface area contributed by atoms with Gasteiger partial charge in [-0.3, -0.25) is 0 Å². The van der Waals surface area contributed by atoms with Crippen molar-refractivity contribution < 1.29 is 9.53 Å². The van der Waals surface area contributed by atoms with Crippen molar-refractivity contribution in [3.8, 4) is 16.9 Å². The van der Waals surface area contributed by atoms with Crippen LogP contribution in [0.2, 0.25) is 0 Å². The molecule has 0 spiro atoms. The minimum atomic E-state index is -0.468. The molecule has 0 saturated carbocycles. The van der Waals surface area contributed by atoms with Crippen molar-refractivity contribution in [1.82, 2.24) is 0 Å². The van der Waals surface area contributed by atoms with Crippen molar-refractivity contribution in [3.63, 3.8) is 0 Å². The summed E-state index contributed by atoms with van der Waals surface area (Å²) < 4.78 is 5.26. The van der Waals surface area contributed by atoms with E-state index in [-0.39, 0.29) is 0 Å². The Labute approximate surface area is 189 Å². The third kappa shape index (κ3) is 4.79. The highest BCUT2D eigenvalue weighted by Gasteiger charge is 2.13. The summed E-state index contributed by atoms with van der Waals surface area (Å²) in [5, 5.41) is 0. The number of rotatable bonds is 6. The molecule has 0 aromatic heterocycles. The second kappa shape index (κ2) is 9.36. The zero-order valence-electron chi connectivity index (χ0n) is 18.3. The largest absolute Gasteiger partial charge is 0.423 e. The smallest absolute Gasteiger partial charge is 0.335 e. The van der Waals surface area contributed by atoms with Crippen LogP contribution < -0.4 is 9.64 Å². The molecular weight excluding hydrogens is 394 g/mol. The van der Waals surface area contributed by atoms with Crippen molar-refractivity contribution in [2.45, 2.75) is 13.8 Å². The predicted molar refractivity (Wildman–Crippen MR) is 132 cm³/mol. The molecule has 0 unspecified atom stereocenters. The summed E-state index contributed by atoms with van der Waals surface area (Å²) in [6, 6.07) is 32.9. The van der Waals surface area contributed by atoms with Gasteiger partial charge in [0.1, 0.15) is 5.75 Å². The SMILES string of the molecule is C=CC(=O)Oc1cccc(-c2ccc(N(c3ccc(C)cc3)c3ccc(C)cc3)cc2)c1. The zero-order chi connectivity index (χ0) is 22.5. The van der Waals surface area contributed by atoms with Gasteiger partial charge in [0.25, 0.3) is 0 Å². The first kappa shape index (κ1) is 21.1. The molecule has 4 aromatic rings.